The van der Waals surface area contributed by atoms with Gasteiger partial charge in [-0.15, -0.1) is 0 Å². The predicted octanol–water partition coefficient (Wildman–Crippen LogP) is 0.891. The van der Waals surface area contributed by atoms with Crippen LogP contribution in [0.4, 0.5) is 0 Å². The first-order valence-electron chi connectivity index (χ1n) is 6.05. The molecule has 1 aliphatic carbocycles. The molecule has 0 aliphatic heterocycles. The average Bonchev–Trinajstić information content (AvgIpc) is 2.28. The molecule has 0 spiro atoms. The van der Waals surface area contributed by atoms with Gasteiger partial charge in [0.05, 0.1) is 12.7 Å². The van der Waals surface area contributed by atoms with E-state index in [9.17, 15) is 5.11 Å². The Morgan fingerprint density at radius 2 is 1.88 bits per heavy atom. The van der Waals surface area contributed by atoms with Crippen molar-refractivity contribution in [1.82, 2.24) is 0 Å². The van der Waals surface area contributed by atoms with Crippen molar-refractivity contribution in [3.8, 4) is 0 Å². The molecule has 1 rings (SSSR count). The molecule has 0 bridgehead atoms. The molecule has 0 aromatic heterocycles. The van der Waals surface area contributed by atoms with Crippen LogP contribution in [0.1, 0.15) is 39.5 Å². The molecule has 0 aromatic carbocycles. The second-order valence-electron chi connectivity index (χ2n) is 5.39. The summed E-state index contributed by atoms with van der Waals surface area (Å²) in [5.41, 5.74) is 0.0575. The molecule has 96 valence electrons. The molecular weight excluding hydrogens is 208 g/mol. The summed E-state index contributed by atoms with van der Waals surface area (Å²) in [7, 11) is 0. The Morgan fingerprint density at radius 3 is 2.31 bits per heavy atom. The largest absolute Gasteiger partial charge is 0.396 e. The third-order valence-corrected chi connectivity index (χ3v) is 3.63. The highest BCUT2D eigenvalue weighted by molar-refractivity contribution is 4.82. The highest BCUT2D eigenvalue weighted by atomic mass is 16.5. The lowest BCUT2D eigenvalue weighted by Crippen LogP contribution is -2.33. The number of ether oxygens (including phenoxy) is 1. The van der Waals surface area contributed by atoms with E-state index in [1.54, 1.807) is 6.92 Å². The Hall–Kier alpha value is -0.160. The van der Waals surface area contributed by atoms with E-state index in [1.807, 2.05) is 0 Å². The van der Waals surface area contributed by atoms with Crippen LogP contribution in [-0.4, -0.2) is 40.9 Å². The van der Waals surface area contributed by atoms with Crippen LogP contribution in [0.15, 0.2) is 0 Å². The monoisotopic (exact) mass is 232 g/mol. The number of rotatable bonds is 5. The zero-order valence-electron chi connectivity index (χ0n) is 10.2. The predicted molar refractivity (Wildman–Crippen MR) is 60.8 cm³/mol. The third kappa shape index (κ3) is 4.01. The van der Waals surface area contributed by atoms with Crippen LogP contribution < -0.4 is 0 Å². The SMILES string of the molecule is CC(COC1CCC(C)(CO)CC1)C(O)O. The summed E-state index contributed by atoms with van der Waals surface area (Å²) in [5, 5.41) is 27.0. The van der Waals surface area contributed by atoms with Crippen LogP contribution in [0, 0.1) is 11.3 Å². The van der Waals surface area contributed by atoms with Gasteiger partial charge < -0.3 is 20.1 Å². The van der Waals surface area contributed by atoms with Crippen molar-refractivity contribution in [1.29, 1.82) is 0 Å². The normalized spacial score (nSPS) is 33.0. The van der Waals surface area contributed by atoms with Crippen molar-refractivity contribution >= 4 is 0 Å². The van der Waals surface area contributed by atoms with E-state index < -0.39 is 6.29 Å². The molecule has 0 radical (unpaired) electrons. The molecular formula is C12H24O4. The standard InChI is InChI=1S/C12H24O4/c1-9(11(14)15)7-16-10-3-5-12(2,8-13)6-4-10/h9-11,13-15H,3-8H2,1-2H3. The summed E-state index contributed by atoms with van der Waals surface area (Å²) < 4.78 is 5.64. The fraction of sp³-hybridized carbons (Fsp3) is 1.00. The first-order chi connectivity index (χ1) is 7.47. The topological polar surface area (TPSA) is 69.9 Å². The first-order valence-corrected chi connectivity index (χ1v) is 6.05. The number of aliphatic hydroxyl groups is 3. The molecule has 4 nitrogen and oxygen atoms in total. The van der Waals surface area contributed by atoms with Crippen molar-refractivity contribution in [2.24, 2.45) is 11.3 Å². The Kier molecular flexibility index (Phi) is 5.18. The molecule has 3 N–H and O–H groups in total. The van der Waals surface area contributed by atoms with Gasteiger partial charge in [-0.05, 0) is 31.1 Å². The summed E-state index contributed by atoms with van der Waals surface area (Å²) in [4.78, 5) is 0. The van der Waals surface area contributed by atoms with Crippen molar-refractivity contribution in [2.75, 3.05) is 13.2 Å². The molecule has 0 aromatic rings. The van der Waals surface area contributed by atoms with Gasteiger partial charge in [0.15, 0.2) is 6.29 Å². The summed E-state index contributed by atoms with van der Waals surface area (Å²) >= 11 is 0. The van der Waals surface area contributed by atoms with Crippen LogP contribution in [0.2, 0.25) is 0 Å². The van der Waals surface area contributed by atoms with Gasteiger partial charge in [-0.2, -0.15) is 0 Å². The van der Waals surface area contributed by atoms with Gasteiger partial charge in [-0.1, -0.05) is 13.8 Å². The zero-order chi connectivity index (χ0) is 12.2. The van der Waals surface area contributed by atoms with Crippen molar-refractivity contribution < 1.29 is 20.1 Å². The highest BCUT2D eigenvalue weighted by Gasteiger charge is 2.31. The van der Waals surface area contributed by atoms with Crippen molar-refractivity contribution in [2.45, 2.75) is 51.9 Å². The van der Waals surface area contributed by atoms with E-state index in [1.165, 1.54) is 0 Å². The molecule has 16 heavy (non-hydrogen) atoms. The Morgan fingerprint density at radius 1 is 1.31 bits per heavy atom. The van der Waals surface area contributed by atoms with Gasteiger partial charge in [0, 0.05) is 12.5 Å². The minimum Gasteiger partial charge on any atom is -0.396 e. The molecule has 1 fully saturated rings. The van der Waals surface area contributed by atoms with Gasteiger partial charge >= 0.3 is 0 Å². The second-order valence-corrected chi connectivity index (χ2v) is 5.39. The quantitative estimate of drug-likeness (QED) is 0.616. The maximum Gasteiger partial charge on any atom is 0.156 e. The fourth-order valence-corrected chi connectivity index (χ4v) is 1.99. The molecule has 0 saturated heterocycles. The zero-order valence-corrected chi connectivity index (χ0v) is 10.2. The Labute approximate surface area is 97.2 Å². The van der Waals surface area contributed by atoms with Crippen molar-refractivity contribution in [3.63, 3.8) is 0 Å². The lowest BCUT2D eigenvalue weighted by molar-refractivity contribution is -0.113. The van der Waals surface area contributed by atoms with Crippen LogP contribution in [0.25, 0.3) is 0 Å². The van der Waals surface area contributed by atoms with Gasteiger partial charge in [0.2, 0.25) is 0 Å². The maximum absolute atomic E-state index is 9.22. The van der Waals surface area contributed by atoms with Gasteiger partial charge in [0.25, 0.3) is 0 Å². The van der Waals surface area contributed by atoms with E-state index in [0.29, 0.717) is 6.61 Å². The number of hydrogen-bond donors (Lipinski definition) is 3. The van der Waals surface area contributed by atoms with E-state index in [-0.39, 0.29) is 24.0 Å². The summed E-state index contributed by atoms with van der Waals surface area (Å²) in [5.74, 6) is -0.244. The smallest absolute Gasteiger partial charge is 0.156 e. The molecule has 0 amide bonds. The van der Waals surface area contributed by atoms with Crippen molar-refractivity contribution in [3.05, 3.63) is 0 Å². The van der Waals surface area contributed by atoms with E-state index in [0.717, 1.165) is 25.7 Å². The van der Waals surface area contributed by atoms with Gasteiger partial charge in [-0.3, -0.25) is 0 Å². The minimum absolute atomic E-state index is 0.0575. The molecule has 1 unspecified atom stereocenters. The first kappa shape index (κ1) is 13.9. The average molecular weight is 232 g/mol. The Balaban J connectivity index is 2.22. The van der Waals surface area contributed by atoms with Crippen LogP contribution in [0.5, 0.6) is 0 Å². The summed E-state index contributed by atoms with van der Waals surface area (Å²) in [6.07, 6.45) is 2.76. The van der Waals surface area contributed by atoms with Crippen LogP contribution in [-0.2, 0) is 4.74 Å². The molecule has 1 aliphatic rings. The molecule has 0 heterocycles. The van der Waals surface area contributed by atoms with Gasteiger partial charge in [0.1, 0.15) is 0 Å². The fourth-order valence-electron chi connectivity index (χ4n) is 1.99. The van der Waals surface area contributed by atoms with E-state index in [4.69, 9.17) is 14.9 Å². The lowest BCUT2D eigenvalue weighted by atomic mass is 9.75. The van der Waals surface area contributed by atoms with Crippen LogP contribution >= 0.6 is 0 Å². The highest BCUT2D eigenvalue weighted by Crippen LogP contribution is 2.36. The third-order valence-electron chi connectivity index (χ3n) is 3.63. The lowest BCUT2D eigenvalue weighted by Gasteiger charge is -2.36. The summed E-state index contributed by atoms with van der Waals surface area (Å²) in [6.45, 7) is 4.48. The van der Waals surface area contributed by atoms with Crippen LogP contribution in [0.3, 0.4) is 0 Å². The molecule has 1 atom stereocenters. The number of hydrogen-bond acceptors (Lipinski definition) is 4. The maximum atomic E-state index is 9.22. The van der Waals surface area contributed by atoms with E-state index in [2.05, 4.69) is 6.92 Å². The minimum atomic E-state index is -1.30. The molecule has 4 heteroatoms. The number of aliphatic hydroxyl groups excluding tert-OH is 2. The van der Waals surface area contributed by atoms with E-state index >= 15 is 0 Å². The second kappa shape index (κ2) is 5.96. The summed E-state index contributed by atoms with van der Waals surface area (Å²) in [6, 6.07) is 0. The molecule has 1 saturated carbocycles. The van der Waals surface area contributed by atoms with Gasteiger partial charge in [-0.25, -0.2) is 0 Å². The Bertz CT molecular complexity index is 197.